The van der Waals surface area contributed by atoms with Crippen LogP contribution in [0, 0.1) is 5.92 Å². The Labute approximate surface area is 97.5 Å². The smallest absolute Gasteiger partial charge is 0.0543 e. The first-order valence-corrected chi connectivity index (χ1v) is 6.46. The fraction of sp³-hybridized carbons (Fsp3) is 0.600. The van der Waals surface area contributed by atoms with Crippen LogP contribution in [0.1, 0.15) is 43.7 Å². The van der Waals surface area contributed by atoms with Crippen molar-refractivity contribution in [2.75, 3.05) is 0 Å². The molecular formula is C15H20O. The van der Waals surface area contributed by atoms with Gasteiger partial charge in [0.2, 0.25) is 0 Å². The van der Waals surface area contributed by atoms with Crippen LogP contribution in [0.25, 0.3) is 0 Å². The largest absolute Gasteiger partial charge is 0.393 e. The molecule has 2 aliphatic carbocycles. The van der Waals surface area contributed by atoms with Crippen molar-refractivity contribution in [1.82, 2.24) is 0 Å². The van der Waals surface area contributed by atoms with Crippen LogP contribution in [0.2, 0.25) is 0 Å². The Morgan fingerprint density at radius 2 is 2.06 bits per heavy atom. The van der Waals surface area contributed by atoms with E-state index in [-0.39, 0.29) is 6.10 Å². The summed E-state index contributed by atoms with van der Waals surface area (Å²) in [5.41, 5.74) is 3.42. The zero-order valence-corrected chi connectivity index (χ0v) is 9.95. The van der Waals surface area contributed by atoms with Crippen molar-refractivity contribution in [3.8, 4) is 0 Å². The zero-order valence-electron chi connectivity index (χ0n) is 9.95. The van der Waals surface area contributed by atoms with Gasteiger partial charge < -0.3 is 5.11 Å². The third kappa shape index (κ3) is 1.41. The average Bonchev–Trinajstić information content (AvgIpc) is 2.31. The Kier molecular flexibility index (Phi) is 2.32. The van der Waals surface area contributed by atoms with Gasteiger partial charge in [-0.1, -0.05) is 31.2 Å². The molecule has 0 spiro atoms. The summed E-state index contributed by atoms with van der Waals surface area (Å²) in [6.07, 6.45) is 5.53. The van der Waals surface area contributed by atoms with Crippen molar-refractivity contribution in [1.29, 1.82) is 0 Å². The number of rotatable bonds is 0. The maximum atomic E-state index is 9.81. The minimum atomic E-state index is -0.0525. The van der Waals surface area contributed by atoms with Crippen molar-refractivity contribution in [3.05, 3.63) is 35.4 Å². The molecule has 0 amide bonds. The van der Waals surface area contributed by atoms with Crippen LogP contribution in [-0.4, -0.2) is 11.2 Å². The number of aliphatic hydroxyl groups is 1. The monoisotopic (exact) mass is 216 g/mol. The lowest BCUT2D eigenvalue weighted by atomic mass is 9.58. The predicted octanol–water partition coefficient (Wildman–Crippen LogP) is 3.05. The third-order valence-electron chi connectivity index (χ3n) is 4.85. The highest BCUT2D eigenvalue weighted by Gasteiger charge is 2.43. The van der Waals surface area contributed by atoms with Gasteiger partial charge in [-0.3, -0.25) is 0 Å². The Balaban J connectivity index is 2.03. The van der Waals surface area contributed by atoms with Gasteiger partial charge in [-0.25, -0.2) is 0 Å². The Hall–Kier alpha value is -0.820. The van der Waals surface area contributed by atoms with Crippen molar-refractivity contribution in [2.45, 2.75) is 50.5 Å². The summed E-state index contributed by atoms with van der Waals surface area (Å²) in [5.74, 6) is 0.686. The Morgan fingerprint density at radius 3 is 2.94 bits per heavy atom. The normalized spacial score (nSPS) is 37.6. The highest BCUT2D eigenvalue weighted by atomic mass is 16.3. The van der Waals surface area contributed by atoms with Gasteiger partial charge >= 0.3 is 0 Å². The van der Waals surface area contributed by atoms with E-state index in [2.05, 4.69) is 31.2 Å². The summed E-state index contributed by atoms with van der Waals surface area (Å²) in [4.78, 5) is 0. The number of aliphatic hydroxyl groups excluding tert-OH is 1. The molecule has 16 heavy (non-hydrogen) atoms. The summed E-state index contributed by atoms with van der Waals surface area (Å²) < 4.78 is 0. The maximum absolute atomic E-state index is 9.81. The molecule has 1 aromatic carbocycles. The standard InChI is InChI=1S/C15H20O/c1-15-9-8-13(16)10-12(15)7-6-11-4-2-3-5-14(11)15/h2-5,12-13,16H,6-10H2,1H3/t12-,13-,15+/m0/s1. The lowest BCUT2D eigenvalue weighted by Gasteiger charge is -2.47. The van der Waals surface area contributed by atoms with Crippen LogP contribution in [0.3, 0.4) is 0 Å². The SMILES string of the molecule is C[C@@]12CC[C@H](O)C[C@@H]1CCc1ccccc12. The first kappa shape index (κ1) is 10.3. The Bertz CT molecular complexity index is 398. The van der Waals surface area contributed by atoms with Crippen LogP contribution >= 0.6 is 0 Å². The lowest BCUT2D eigenvalue weighted by Crippen LogP contribution is -2.43. The van der Waals surface area contributed by atoms with Crippen LogP contribution < -0.4 is 0 Å². The van der Waals surface area contributed by atoms with E-state index in [1.54, 1.807) is 5.56 Å². The number of hydrogen-bond donors (Lipinski definition) is 1. The average molecular weight is 216 g/mol. The quantitative estimate of drug-likeness (QED) is 0.706. The molecule has 0 aliphatic heterocycles. The molecule has 1 nitrogen and oxygen atoms in total. The molecule has 1 aromatic rings. The van der Waals surface area contributed by atoms with E-state index in [0.29, 0.717) is 11.3 Å². The van der Waals surface area contributed by atoms with Crippen molar-refractivity contribution in [2.24, 2.45) is 5.92 Å². The summed E-state index contributed by atoms with van der Waals surface area (Å²) in [5, 5.41) is 9.81. The van der Waals surface area contributed by atoms with Gasteiger partial charge in [0.1, 0.15) is 0 Å². The van der Waals surface area contributed by atoms with E-state index in [1.807, 2.05) is 0 Å². The van der Waals surface area contributed by atoms with E-state index in [0.717, 1.165) is 19.3 Å². The van der Waals surface area contributed by atoms with Gasteiger partial charge in [0, 0.05) is 0 Å². The van der Waals surface area contributed by atoms with Crippen molar-refractivity contribution in [3.63, 3.8) is 0 Å². The second-order valence-electron chi connectivity index (χ2n) is 5.74. The van der Waals surface area contributed by atoms with Crippen LogP contribution in [-0.2, 0) is 11.8 Å². The highest BCUT2D eigenvalue weighted by Crippen LogP contribution is 2.49. The van der Waals surface area contributed by atoms with Gasteiger partial charge in [0.05, 0.1) is 6.10 Å². The number of benzene rings is 1. The summed E-state index contributed by atoms with van der Waals surface area (Å²) in [7, 11) is 0. The molecule has 1 heteroatoms. The fourth-order valence-electron chi connectivity index (χ4n) is 3.79. The van der Waals surface area contributed by atoms with Gasteiger partial charge in [-0.2, -0.15) is 0 Å². The molecule has 1 saturated carbocycles. The van der Waals surface area contributed by atoms with E-state index in [1.165, 1.54) is 18.4 Å². The summed E-state index contributed by atoms with van der Waals surface area (Å²) >= 11 is 0. The van der Waals surface area contributed by atoms with E-state index in [4.69, 9.17) is 0 Å². The van der Waals surface area contributed by atoms with Crippen LogP contribution in [0.4, 0.5) is 0 Å². The van der Waals surface area contributed by atoms with Crippen LogP contribution in [0.15, 0.2) is 24.3 Å². The van der Waals surface area contributed by atoms with Gasteiger partial charge in [0.25, 0.3) is 0 Å². The zero-order chi connectivity index (χ0) is 11.2. The number of fused-ring (bicyclic) bond motifs is 3. The van der Waals surface area contributed by atoms with Crippen LogP contribution in [0.5, 0.6) is 0 Å². The second-order valence-corrected chi connectivity index (χ2v) is 5.74. The van der Waals surface area contributed by atoms with E-state index in [9.17, 15) is 5.11 Å². The number of aryl methyl sites for hydroxylation is 1. The maximum Gasteiger partial charge on any atom is 0.0543 e. The predicted molar refractivity (Wildman–Crippen MR) is 65.5 cm³/mol. The molecule has 0 saturated heterocycles. The molecule has 0 radical (unpaired) electrons. The molecule has 0 aromatic heterocycles. The number of hydrogen-bond acceptors (Lipinski definition) is 1. The van der Waals surface area contributed by atoms with Crippen molar-refractivity contribution >= 4 is 0 Å². The molecular weight excluding hydrogens is 196 g/mol. The summed E-state index contributed by atoms with van der Waals surface area (Å²) in [6.45, 7) is 2.40. The lowest BCUT2D eigenvalue weighted by molar-refractivity contribution is 0.0484. The molecule has 0 unspecified atom stereocenters. The molecule has 3 atom stereocenters. The van der Waals surface area contributed by atoms with Gasteiger partial charge in [0.15, 0.2) is 0 Å². The first-order chi connectivity index (χ1) is 7.70. The second kappa shape index (κ2) is 3.59. The summed E-state index contributed by atoms with van der Waals surface area (Å²) in [6, 6.07) is 8.90. The van der Waals surface area contributed by atoms with Gasteiger partial charge in [-0.05, 0) is 54.6 Å². The molecule has 1 N–H and O–H groups in total. The molecule has 3 rings (SSSR count). The van der Waals surface area contributed by atoms with E-state index >= 15 is 0 Å². The fourth-order valence-corrected chi connectivity index (χ4v) is 3.79. The van der Waals surface area contributed by atoms with E-state index < -0.39 is 0 Å². The first-order valence-electron chi connectivity index (χ1n) is 6.46. The molecule has 1 fully saturated rings. The minimum Gasteiger partial charge on any atom is -0.393 e. The molecule has 2 aliphatic rings. The third-order valence-corrected chi connectivity index (χ3v) is 4.85. The Morgan fingerprint density at radius 1 is 1.25 bits per heavy atom. The highest BCUT2D eigenvalue weighted by molar-refractivity contribution is 5.37. The minimum absolute atomic E-state index is 0.0525. The molecule has 0 bridgehead atoms. The molecule has 86 valence electrons. The van der Waals surface area contributed by atoms with Crippen molar-refractivity contribution < 1.29 is 5.11 Å². The van der Waals surface area contributed by atoms with Gasteiger partial charge in [-0.15, -0.1) is 0 Å². The topological polar surface area (TPSA) is 20.2 Å². The molecule has 0 heterocycles.